The van der Waals surface area contributed by atoms with Gasteiger partial charge in [-0.2, -0.15) is 0 Å². The van der Waals surface area contributed by atoms with Crippen LogP contribution in [0.25, 0.3) is 0 Å². The molecule has 3 atom stereocenters. The third-order valence-electron chi connectivity index (χ3n) is 3.76. The van der Waals surface area contributed by atoms with E-state index in [0.717, 1.165) is 0 Å². The van der Waals surface area contributed by atoms with Crippen LogP contribution in [-0.4, -0.2) is 36.4 Å². The van der Waals surface area contributed by atoms with E-state index in [2.05, 4.69) is 6.58 Å². The van der Waals surface area contributed by atoms with Crippen molar-refractivity contribution in [2.75, 3.05) is 6.61 Å². The molecule has 0 N–H and O–H groups in total. The maximum Gasteiger partial charge on any atom is 0.309 e. The lowest BCUT2D eigenvalue weighted by atomic mass is 10.1. The van der Waals surface area contributed by atoms with Crippen LogP contribution in [0.4, 0.5) is 0 Å². The van der Waals surface area contributed by atoms with E-state index in [9.17, 15) is 9.59 Å². The molecular weight excluding hydrogens is 308 g/mol. The normalized spacial score (nSPS) is 18.4. The number of hydrogen-bond donors (Lipinski definition) is 0. The first-order chi connectivity index (χ1) is 11.1. The SMILES string of the molecule is C=CC[C@@H](OCC1CC1)[C@H](C)OC(=O)[C@H](C)CC(=O)OC(C)(C)C. The van der Waals surface area contributed by atoms with Gasteiger partial charge >= 0.3 is 11.9 Å². The molecule has 0 spiro atoms. The van der Waals surface area contributed by atoms with Crippen molar-refractivity contribution >= 4 is 11.9 Å². The number of carbonyl (C=O) groups excluding carboxylic acids is 2. The van der Waals surface area contributed by atoms with Gasteiger partial charge < -0.3 is 14.2 Å². The van der Waals surface area contributed by atoms with E-state index < -0.39 is 23.5 Å². The predicted octanol–water partition coefficient (Wildman–Crippen LogP) is 3.66. The Hall–Kier alpha value is -1.36. The summed E-state index contributed by atoms with van der Waals surface area (Å²) in [5.74, 6) is -0.703. The Morgan fingerprint density at radius 1 is 1.25 bits per heavy atom. The minimum atomic E-state index is -0.556. The topological polar surface area (TPSA) is 61.8 Å². The van der Waals surface area contributed by atoms with Crippen molar-refractivity contribution in [3.05, 3.63) is 12.7 Å². The summed E-state index contributed by atoms with van der Waals surface area (Å²) in [4.78, 5) is 24.0. The quantitative estimate of drug-likeness (QED) is 0.449. The number of esters is 2. The summed E-state index contributed by atoms with van der Waals surface area (Å²) < 4.78 is 16.6. The number of hydrogen-bond acceptors (Lipinski definition) is 5. The van der Waals surface area contributed by atoms with Crippen LogP contribution >= 0.6 is 0 Å². The van der Waals surface area contributed by atoms with E-state index >= 15 is 0 Å². The second-order valence-electron chi connectivity index (χ2n) is 7.67. The van der Waals surface area contributed by atoms with Gasteiger partial charge in [0.1, 0.15) is 11.7 Å². The Morgan fingerprint density at radius 2 is 1.88 bits per heavy atom. The van der Waals surface area contributed by atoms with Crippen LogP contribution in [0.3, 0.4) is 0 Å². The van der Waals surface area contributed by atoms with Crippen molar-refractivity contribution in [1.82, 2.24) is 0 Å². The molecule has 0 radical (unpaired) electrons. The van der Waals surface area contributed by atoms with Gasteiger partial charge in [-0.1, -0.05) is 13.0 Å². The van der Waals surface area contributed by atoms with Crippen LogP contribution in [0.15, 0.2) is 12.7 Å². The molecule has 5 nitrogen and oxygen atoms in total. The molecule has 138 valence electrons. The third-order valence-corrected chi connectivity index (χ3v) is 3.76. The Morgan fingerprint density at radius 3 is 2.38 bits per heavy atom. The van der Waals surface area contributed by atoms with Gasteiger partial charge in [-0.3, -0.25) is 9.59 Å². The third kappa shape index (κ3) is 8.48. The van der Waals surface area contributed by atoms with E-state index in [-0.39, 0.29) is 18.6 Å². The predicted molar refractivity (Wildman–Crippen MR) is 92.5 cm³/mol. The Balaban J connectivity index is 2.43. The fraction of sp³-hybridized carbons (Fsp3) is 0.789. The van der Waals surface area contributed by atoms with Gasteiger partial charge in [-0.05, 0) is 52.9 Å². The first-order valence-corrected chi connectivity index (χ1v) is 8.77. The number of carbonyl (C=O) groups is 2. The summed E-state index contributed by atoms with van der Waals surface area (Å²) >= 11 is 0. The maximum atomic E-state index is 12.2. The van der Waals surface area contributed by atoms with Crippen molar-refractivity contribution < 1.29 is 23.8 Å². The van der Waals surface area contributed by atoms with E-state index in [1.54, 1.807) is 33.8 Å². The summed E-state index contributed by atoms with van der Waals surface area (Å²) in [6, 6.07) is 0. The molecule has 0 amide bonds. The molecular formula is C19H32O5. The zero-order valence-corrected chi connectivity index (χ0v) is 15.7. The molecule has 0 aliphatic heterocycles. The van der Waals surface area contributed by atoms with Crippen LogP contribution in [0.2, 0.25) is 0 Å². The van der Waals surface area contributed by atoms with Gasteiger partial charge in [0, 0.05) is 6.61 Å². The van der Waals surface area contributed by atoms with Crippen LogP contribution in [-0.2, 0) is 23.8 Å². The molecule has 1 rings (SSSR count). The molecule has 5 heteroatoms. The summed E-state index contributed by atoms with van der Waals surface area (Å²) in [5.41, 5.74) is -0.556. The zero-order chi connectivity index (χ0) is 18.3. The second kappa shape index (κ2) is 9.21. The maximum absolute atomic E-state index is 12.2. The van der Waals surface area contributed by atoms with Crippen molar-refractivity contribution in [3.8, 4) is 0 Å². The number of rotatable bonds is 10. The van der Waals surface area contributed by atoms with Gasteiger partial charge in [0.2, 0.25) is 0 Å². The highest BCUT2D eigenvalue weighted by atomic mass is 16.6. The van der Waals surface area contributed by atoms with Crippen molar-refractivity contribution in [3.63, 3.8) is 0 Å². The molecule has 0 heterocycles. The summed E-state index contributed by atoms with van der Waals surface area (Å²) in [7, 11) is 0. The van der Waals surface area contributed by atoms with Crippen LogP contribution in [0.1, 0.15) is 60.3 Å². The fourth-order valence-corrected chi connectivity index (χ4v) is 2.20. The van der Waals surface area contributed by atoms with Gasteiger partial charge in [0.15, 0.2) is 0 Å². The molecule has 1 fully saturated rings. The standard InChI is InChI=1S/C19H32O5/c1-7-8-16(22-12-15-9-10-15)14(3)23-18(21)13(2)11-17(20)24-19(4,5)6/h7,13-16H,1,8-12H2,2-6H3/t13-,14+,16-/m1/s1. The highest BCUT2D eigenvalue weighted by molar-refractivity contribution is 5.79. The van der Waals surface area contributed by atoms with E-state index in [1.165, 1.54) is 12.8 Å². The lowest BCUT2D eigenvalue weighted by molar-refractivity contribution is -0.167. The smallest absolute Gasteiger partial charge is 0.309 e. The van der Waals surface area contributed by atoms with Crippen molar-refractivity contribution in [2.24, 2.45) is 11.8 Å². The summed E-state index contributed by atoms with van der Waals surface area (Å²) in [5, 5.41) is 0. The molecule has 1 aliphatic carbocycles. The minimum absolute atomic E-state index is 0.0118. The van der Waals surface area contributed by atoms with Crippen LogP contribution in [0, 0.1) is 11.8 Å². The minimum Gasteiger partial charge on any atom is -0.460 e. The molecule has 0 aromatic carbocycles. The van der Waals surface area contributed by atoms with Crippen LogP contribution in [0.5, 0.6) is 0 Å². The van der Waals surface area contributed by atoms with Gasteiger partial charge in [-0.15, -0.1) is 6.58 Å². The van der Waals surface area contributed by atoms with Gasteiger partial charge in [0.05, 0.1) is 18.4 Å². The summed E-state index contributed by atoms with van der Waals surface area (Å²) in [6.07, 6.45) is 4.26. The first-order valence-electron chi connectivity index (χ1n) is 8.77. The van der Waals surface area contributed by atoms with Crippen LogP contribution < -0.4 is 0 Å². The van der Waals surface area contributed by atoms with Crippen molar-refractivity contribution in [1.29, 1.82) is 0 Å². The lowest BCUT2D eigenvalue weighted by Crippen LogP contribution is -2.34. The summed E-state index contributed by atoms with van der Waals surface area (Å²) in [6.45, 7) is 13.3. The van der Waals surface area contributed by atoms with Crippen molar-refractivity contribution in [2.45, 2.75) is 78.1 Å². The van der Waals surface area contributed by atoms with Gasteiger partial charge in [-0.25, -0.2) is 0 Å². The molecule has 0 unspecified atom stereocenters. The second-order valence-corrected chi connectivity index (χ2v) is 7.67. The largest absolute Gasteiger partial charge is 0.460 e. The molecule has 0 aromatic heterocycles. The fourth-order valence-electron chi connectivity index (χ4n) is 2.20. The lowest BCUT2D eigenvalue weighted by Gasteiger charge is -2.25. The van der Waals surface area contributed by atoms with E-state index in [0.29, 0.717) is 18.9 Å². The molecule has 1 aliphatic rings. The molecule has 24 heavy (non-hydrogen) atoms. The average Bonchev–Trinajstić information content (AvgIpc) is 3.24. The Labute approximate surface area is 145 Å². The molecule has 0 saturated heterocycles. The van der Waals surface area contributed by atoms with E-state index in [4.69, 9.17) is 14.2 Å². The average molecular weight is 340 g/mol. The highest BCUT2D eigenvalue weighted by Crippen LogP contribution is 2.30. The monoisotopic (exact) mass is 340 g/mol. The molecule has 1 saturated carbocycles. The Kier molecular flexibility index (Phi) is 7.94. The Bertz CT molecular complexity index is 434. The molecule has 0 bridgehead atoms. The zero-order valence-electron chi connectivity index (χ0n) is 15.7. The van der Waals surface area contributed by atoms with E-state index in [1.807, 2.05) is 6.92 Å². The highest BCUT2D eigenvalue weighted by Gasteiger charge is 2.29. The molecule has 0 aromatic rings. The van der Waals surface area contributed by atoms with Gasteiger partial charge in [0.25, 0.3) is 0 Å². The first kappa shape index (κ1) is 20.7. The number of ether oxygens (including phenoxy) is 3.